The second-order valence-corrected chi connectivity index (χ2v) is 6.97. The molecule has 0 saturated carbocycles. The Kier molecular flexibility index (Phi) is 4.89. The SMILES string of the molecule is Cc1ccnc(Nc2cc3ccn(C)c(=O)c3c(Nc3cccc(C(N)=O)c3)n2)c1. The second-order valence-electron chi connectivity index (χ2n) is 6.97. The highest BCUT2D eigenvalue weighted by molar-refractivity contribution is 5.96. The van der Waals surface area contributed by atoms with Crippen LogP contribution in [0.4, 0.5) is 23.1 Å². The van der Waals surface area contributed by atoms with Gasteiger partial charge in [0.05, 0.1) is 5.39 Å². The Labute approximate surface area is 172 Å². The molecule has 30 heavy (non-hydrogen) atoms. The number of amides is 1. The summed E-state index contributed by atoms with van der Waals surface area (Å²) in [6.45, 7) is 1.98. The molecule has 0 bridgehead atoms. The van der Waals surface area contributed by atoms with Gasteiger partial charge in [-0.25, -0.2) is 9.97 Å². The van der Waals surface area contributed by atoms with Crippen molar-refractivity contribution in [3.63, 3.8) is 0 Å². The number of benzene rings is 1. The number of pyridine rings is 3. The van der Waals surface area contributed by atoms with E-state index in [0.29, 0.717) is 34.1 Å². The highest BCUT2D eigenvalue weighted by Gasteiger charge is 2.13. The van der Waals surface area contributed by atoms with Gasteiger partial charge < -0.3 is 20.9 Å². The van der Waals surface area contributed by atoms with E-state index < -0.39 is 5.91 Å². The summed E-state index contributed by atoms with van der Waals surface area (Å²) in [6.07, 6.45) is 3.42. The summed E-state index contributed by atoms with van der Waals surface area (Å²) in [5, 5.41) is 7.49. The van der Waals surface area contributed by atoms with Gasteiger partial charge in [0.15, 0.2) is 0 Å². The molecule has 8 heteroatoms. The minimum atomic E-state index is -0.534. The summed E-state index contributed by atoms with van der Waals surface area (Å²) in [7, 11) is 1.68. The second kappa shape index (κ2) is 7.67. The Morgan fingerprint density at radius 2 is 1.90 bits per heavy atom. The van der Waals surface area contributed by atoms with Crippen molar-refractivity contribution >= 4 is 39.8 Å². The Balaban J connectivity index is 1.83. The molecule has 1 aromatic carbocycles. The van der Waals surface area contributed by atoms with Crippen LogP contribution in [0.1, 0.15) is 15.9 Å². The molecule has 4 rings (SSSR count). The quantitative estimate of drug-likeness (QED) is 0.474. The van der Waals surface area contributed by atoms with Crippen molar-refractivity contribution in [2.75, 3.05) is 10.6 Å². The zero-order chi connectivity index (χ0) is 21.3. The van der Waals surface area contributed by atoms with Gasteiger partial charge >= 0.3 is 0 Å². The maximum Gasteiger partial charge on any atom is 0.261 e. The molecule has 0 spiro atoms. The molecule has 0 aliphatic rings. The van der Waals surface area contributed by atoms with Crippen LogP contribution >= 0.6 is 0 Å². The number of hydrogen-bond acceptors (Lipinski definition) is 6. The Morgan fingerprint density at radius 1 is 1.07 bits per heavy atom. The summed E-state index contributed by atoms with van der Waals surface area (Å²) in [5.41, 5.74) is 7.20. The van der Waals surface area contributed by atoms with Gasteiger partial charge in [0, 0.05) is 30.7 Å². The number of rotatable bonds is 5. The van der Waals surface area contributed by atoms with E-state index >= 15 is 0 Å². The smallest absolute Gasteiger partial charge is 0.261 e. The normalized spacial score (nSPS) is 10.7. The van der Waals surface area contributed by atoms with Gasteiger partial charge in [0.2, 0.25) is 5.91 Å². The minimum absolute atomic E-state index is 0.186. The van der Waals surface area contributed by atoms with Crippen LogP contribution in [0.3, 0.4) is 0 Å². The van der Waals surface area contributed by atoms with Crippen LogP contribution in [-0.4, -0.2) is 20.4 Å². The van der Waals surface area contributed by atoms with Crippen LogP contribution in [0.2, 0.25) is 0 Å². The van der Waals surface area contributed by atoms with E-state index in [9.17, 15) is 9.59 Å². The summed E-state index contributed by atoms with van der Waals surface area (Å²) in [4.78, 5) is 33.2. The fourth-order valence-corrected chi connectivity index (χ4v) is 3.13. The lowest BCUT2D eigenvalue weighted by Gasteiger charge is -2.13. The zero-order valence-corrected chi connectivity index (χ0v) is 16.5. The minimum Gasteiger partial charge on any atom is -0.366 e. The fourth-order valence-electron chi connectivity index (χ4n) is 3.13. The average Bonchev–Trinajstić information content (AvgIpc) is 2.71. The molecule has 8 nitrogen and oxygen atoms in total. The van der Waals surface area contributed by atoms with Crippen molar-refractivity contribution in [3.8, 4) is 0 Å². The summed E-state index contributed by atoms with van der Waals surface area (Å²) in [5.74, 6) is 1.01. The molecule has 4 aromatic rings. The van der Waals surface area contributed by atoms with Gasteiger partial charge in [-0.3, -0.25) is 9.59 Å². The van der Waals surface area contributed by atoms with Gasteiger partial charge in [-0.1, -0.05) is 6.07 Å². The average molecular weight is 400 g/mol. The number of aromatic nitrogens is 3. The third-order valence-corrected chi connectivity index (χ3v) is 4.64. The monoisotopic (exact) mass is 400 g/mol. The van der Waals surface area contributed by atoms with Crippen LogP contribution in [-0.2, 0) is 7.05 Å². The molecule has 1 amide bonds. The summed E-state index contributed by atoms with van der Waals surface area (Å²) in [6, 6.07) is 14.2. The van der Waals surface area contributed by atoms with Crippen molar-refractivity contribution in [2.24, 2.45) is 12.8 Å². The van der Waals surface area contributed by atoms with E-state index in [1.807, 2.05) is 25.1 Å². The maximum absolute atomic E-state index is 12.8. The highest BCUT2D eigenvalue weighted by Crippen LogP contribution is 2.26. The number of carbonyl (C=O) groups excluding carboxylic acids is 1. The van der Waals surface area contributed by atoms with Crippen LogP contribution in [0.25, 0.3) is 10.8 Å². The maximum atomic E-state index is 12.8. The molecule has 0 unspecified atom stereocenters. The Hall–Kier alpha value is -4.20. The molecule has 0 atom stereocenters. The van der Waals surface area contributed by atoms with Gasteiger partial charge in [0.25, 0.3) is 5.56 Å². The summed E-state index contributed by atoms with van der Waals surface area (Å²) < 4.78 is 1.49. The van der Waals surface area contributed by atoms with Gasteiger partial charge in [-0.05, 0) is 60.3 Å². The number of fused-ring (bicyclic) bond motifs is 1. The van der Waals surface area contributed by atoms with Crippen LogP contribution < -0.4 is 21.9 Å². The number of hydrogen-bond donors (Lipinski definition) is 3. The third-order valence-electron chi connectivity index (χ3n) is 4.64. The highest BCUT2D eigenvalue weighted by atomic mass is 16.1. The number of carbonyl (C=O) groups is 1. The number of nitrogens with two attached hydrogens (primary N) is 1. The number of anilines is 4. The van der Waals surface area contributed by atoms with Crippen molar-refractivity contribution in [1.29, 1.82) is 0 Å². The van der Waals surface area contributed by atoms with Gasteiger partial charge in [-0.2, -0.15) is 0 Å². The van der Waals surface area contributed by atoms with E-state index in [-0.39, 0.29) is 5.56 Å². The summed E-state index contributed by atoms with van der Waals surface area (Å²) >= 11 is 0. The van der Waals surface area contributed by atoms with E-state index in [1.165, 1.54) is 4.57 Å². The first kappa shape index (κ1) is 19.1. The molecule has 3 heterocycles. The van der Waals surface area contributed by atoms with Crippen molar-refractivity contribution in [1.82, 2.24) is 14.5 Å². The van der Waals surface area contributed by atoms with E-state index in [1.54, 1.807) is 49.8 Å². The number of primary amides is 1. The van der Waals surface area contributed by atoms with E-state index in [2.05, 4.69) is 20.6 Å². The lowest BCUT2D eigenvalue weighted by atomic mass is 10.1. The third kappa shape index (κ3) is 3.83. The fraction of sp³-hybridized carbons (Fsp3) is 0.0909. The van der Waals surface area contributed by atoms with Crippen LogP contribution in [0, 0.1) is 6.92 Å². The molecule has 0 fully saturated rings. The molecule has 0 aliphatic heterocycles. The predicted molar refractivity (Wildman–Crippen MR) is 117 cm³/mol. The molecule has 150 valence electrons. The molecule has 0 aliphatic carbocycles. The lowest BCUT2D eigenvalue weighted by molar-refractivity contribution is 0.100. The first-order valence-corrected chi connectivity index (χ1v) is 9.28. The predicted octanol–water partition coefficient (Wildman–Crippen LogP) is 3.22. The van der Waals surface area contributed by atoms with E-state index in [4.69, 9.17) is 5.73 Å². The largest absolute Gasteiger partial charge is 0.366 e. The lowest BCUT2D eigenvalue weighted by Crippen LogP contribution is -2.17. The van der Waals surface area contributed by atoms with Crippen molar-refractivity contribution in [3.05, 3.63) is 82.4 Å². The van der Waals surface area contributed by atoms with Crippen LogP contribution in [0.15, 0.2) is 65.7 Å². The number of nitrogens with zero attached hydrogens (tertiary/aromatic N) is 3. The zero-order valence-electron chi connectivity index (χ0n) is 16.5. The molecule has 0 radical (unpaired) electrons. The number of nitrogens with one attached hydrogen (secondary N) is 2. The van der Waals surface area contributed by atoms with Crippen LogP contribution in [0.5, 0.6) is 0 Å². The number of aryl methyl sites for hydroxylation is 2. The molecule has 0 saturated heterocycles. The van der Waals surface area contributed by atoms with Gasteiger partial charge in [0.1, 0.15) is 17.5 Å². The van der Waals surface area contributed by atoms with Crippen molar-refractivity contribution < 1.29 is 4.79 Å². The van der Waals surface area contributed by atoms with Crippen molar-refractivity contribution in [2.45, 2.75) is 6.92 Å². The first-order valence-electron chi connectivity index (χ1n) is 9.28. The van der Waals surface area contributed by atoms with Gasteiger partial charge in [-0.15, -0.1) is 0 Å². The topological polar surface area (TPSA) is 115 Å². The first-order chi connectivity index (χ1) is 14.4. The molecule has 3 aromatic heterocycles. The molecular weight excluding hydrogens is 380 g/mol. The Morgan fingerprint density at radius 3 is 2.67 bits per heavy atom. The Bertz CT molecular complexity index is 1330. The van der Waals surface area contributed by atoms with E-state index in [0.717, 1.165) is 10.9 Å². The standard InChI is InChI=1S/C22H20N6O2/c1-13-6-8-24-17(10-13)26-18-12-14-7-9-28(2)22(30)19(14)21(27-18)25-16-5-3-4-15(11-16)20(23)29/h3-12H,1-2H3,(H2,23,29)(H2,24,25,26,27). The molecular formula is C22H20N6O2. The molecule has 4 N–H and O–H groups in total.